The number of benzene rings is 1. The Balaban J connectivity index is 2.49. The molecule has 3 nitrogen and oxygen atoms in total. The summed E-state index contributed by atoms with van der Waals surface area (Å²) in [4.78, 5) is 3.08. The fraction of sp³-hybridized carbons (Fsp3) is 0.273. The van der Waals surface area contributed by atoms with Gasteiger partial charge in [-0.15, -0.1) is 0 Å². The number of hydrogen-bond acceptors (Lipinski definition) is 2. The van der Waals surface area contributed by atoms with E-state index < -0.39 is 6.10 Å². The first-order chi connectivity index (χ1) is 7.24. The Kier molecular flexibility index (Phi) is 2.95. The van der Waals surface area contributed by atoms with Gasteiger partial charge in [0, 0.05) is 23.7 Å². The highest BCUT2D eigenvalue weighted by Gasteiger charge is 2.12. The van der Waals surface area contributed by atoms with Crippen molar-refractivity contribution in [2.24, 2.45) is 0 Å². The van der Waals surface area contributed by atoms with E-state index >= 15 is 0 Å². The van der Waals surface area contributed by atoms with E-state index in [0.717, 1.165) is 16.5 Å². The van der Waals surface area contributed by atoms with Crippen molar-refractivity contribution in [3.8, 4) is 0 Å². The van der Waals surface area contributed by atoms with Crippen molar-refractivity contribution in [2.75, 3.05) is 13.6 Å². The van der Waals surface area contributed by atoms with Gasteiger partial charge in [-0.1, -0.05) is 23.7 Å². The molecule has 3 N–H and O–H groups in total. The molecule has 1 aromatic carbocycles. The summed E-state index contributed by atoms with van der Waals surface area (Å²) in [6.07, 6.45) is 1.29. The first kappa shape index (κ1) is 10.5. The molecule has 0 aliphatic heterocycles. The minimum Gasteiger partial charge on any atom is -0.387 e. The maximum atomic E-state index is 9.87. The molecule has 0 spiro atoms. The fourth-order valence-electron chi connectivity index (χ4n) is 1.72. The topological polar surface area (TPSA) is 48.0 Å². The van der Waals surface area contributed by atoms with Crippen molar-refractivity contribution >= 4 is 22.5 Å². The standard InChI is InChI=1S/C11H13ClN2O/c1-13-6-10(15)8-5-14-11-7(8)3-2-4-9(11)12/h2-5,10,13-15H,6H2,1H3. The summed E-state index contributed by atoms with van der Waals surface area (Å²) in [5, 5.41) is 14.5. The molecule has 80 valence electrons. The van der Waals surface area contributed by atoms with Crippen LogP contribution in [0, 0.1) is 0 Å². The molecule has 0 amide bonds. The van der Waals surface area contributed by atoms with E-state index in [1.165, 1.54) is 0 Å². The lowest BCUT2D eigenvalue weighted by atomic mass is 10.1. The van der Waals surface area contributed by atoms with E-state index in [1.807, 2.05) is 25.2 Å². The molecule has 0 bridgehead atoms. The zero-order valence-corrected chi connectivity index (χ0v) is 9.17. The van der Waals surface area contributed by atoms with E-state index in [2.05, 4.69) is 10.3 Å². The molecule has 0 aliphatic carbocycles. The van der Waals surface area contributed by atoms with E-state index in [0.29, 0.717) is 11.6 Å². The number of fused-ring (bicyclic) bond motifs is 1. The Labute approximate surface area is 93.1 Å². The predicted molar refractivity (Wildman–Crippen MR) is 62.2 cm³/mol. The van der Waals surface area contributed by atoms with Gasteiger partial charge in [-0.2, -0.15) is 0 Å². The van der Waals surface area contributed by atoms with Gasteiger partial charge in [-0.05, 0) is 13.1 Å². The van der Waals surface area contributed by atoms with Crippen LogP contribution in [0.25, 0.3) is 10.9 Å². The molecule has 0 radical (unpaired) electrons. The highest BCUT2D eigenvalue weighted by Crippen LogP contribution is 2.28. The van der Waals surface area contributed by atoms with Crippen LogP contribution in [0.5, 0.6) is 0 Å². The van der Waals surface area contributed by atoms with Crippen LogP contribution in [0.1, 0.15) is 11.7 Å². The number of H-pyrrole nitrogens is 1. The quantitative estimate of drug-likeness (QED) is 0.748. The van der Waals surface area contributed by atoms with E-state index in [-0.39, 0.29) is 0 Å². The fourth-order valence-corrected chi connectivity index (χ4v) is 1.95. The van der Waals surface area contributed by atoms with Crippen LogP contribution in [-0.2, 0) is 0 Å². The Morgan fingerprint density at radius 1 is 1.53 bits per heavy atom. The van der Waals surface area contributed by atoms with Crippen molar-refractivity contribution in [3.05, 3.63) is 35.0 Å². The largest absolute Gasteiger partial charge is 0.387 e. The molecule has 1 atom stereocenters. The van der Waals surface area contributed by atoms with E-state index in [9.17, 15) is 5.11 Å². The monoisotopic (exact) mass is 224 g/mol. The lowest BCUT2D eigenvalue weighted by molar-refractivity contribution is 0.179. The Morgan fingerprint density at radius 3 is 3.07 bits per heavy atom. The van der Waals surface area contributed by atoms with Gasteiger partial charge in [-0.25, -0.2) is 0 Å². The zero-order valence-electron chi connectivity index (χ0n) is 8.42. The van der Waals surface area contributed by atoms with Crippen LogP contribution in [-0.4, -0.2) is 23.7 Å². The molecular formula is C11H13ClN2O. The summed E-state index contributed by atoms with van der Waals surface area (Å²) in [5.74, 6) is 0. The van der Waals surface area contributed by atoms with Crippen LogP contribution in [0.2, 0.25) is 5.02 Å². The van der Waals surface area contributed by atoms with E-state index in [1.54, 1.807) is 6.20 Å². The molecule has 15 heavy (non-hydrogen) atoms. The third-order valence-electron chi connectivity index (χ3n) is 2.45. The van der Waals surface area contributed by atoms with E-state index in [4.69, 9.17) is 11.6 Å². The summed E-state index contributed by atoms with van der Waals surface area (Å²) < 4.78 is 0. The van der Waals surface area contributed by atoms with Gasteiger partial charge in [0.15, 0.2) is 0 Å². The van der Waals surface area contributed by atoms with Crippen molar-refractivity contribution in [3.63, 3.8) is 0 Å². The molecule has 2 rings (SSSR count). The number of aliphatic hydroxyl groups is 1. The zero-order chi connectivity index (χ0) is 10.8. The summed E-state index contributed by atoms with van der Waals surface area (Å²) in [6.45, 7) is 0.527. The van der Waals surface area contributed by atoms with Gasteiger partial charge in [0.1, 0.15) is 0 Å². The van der Waals surface area contributed by atoms with Gasteiger partial charge >= 0.3 is 0 Å². The Hall–Kier alpha value is -1.03. The maximum absolute atomic E-state index is 9.87. The molecule has 1 aromatic heterocycles. The normalized spacial score (nSPS) is 13.3. The smallest absolute Gasteiger partial charge is 0.0934 e. The molecule has 4 heteroatoms. The lowest BCUT2D eigenvalue weighted by Gasteiger charge is -2.08. The predicted octanol–water partition coefficient (Wildman–Crippen LogP) is 2.07. The highest BCUT2D eigenvalue weighted by atomic mass is 35.5. The third kappa shape index (κ3) is 1.86. The molecular weight excluding hydrogens is 212 g/mol. The number of aliphatic hydroxyl groups excluding tert-OH is 1. The minimum atomic E-state index is -0.512. The average Bonchev–Trinajstić information content (AvgIpc) is 2.63. The van der Waals surface area contributed by atoms with Crippen LogP contribution >= 0.6 is 11.6 Å². The SMILES string of the molecule is CNCC(O)c1c[nH]c2c(Cl)cccc12. The Bertz CT molecular complexity index is 467. The van der Waals surface area contributed by atoms with Gasteiger partial charge in [0.05, 0.1) is 16.6 Å². The first-order valence-electron chi connectivity index (χ1n) is 4.82. The van der Waals surface area contributed by atoms with Crippen LogP contribution in [0.3, 0.4) is 0 Å². The molecule has 1 heterocycles. The molecule has 0 saturated heterocycles. The van der Waals surface area contributed by atoms with Crippen molar-refractivity contribution in [2.45, 2.75) is 6.10 Å². The summed E-state index contributed by atoms with van der Waals surface area (Å²) in [6, 6.07) is 5.66. The molecule has 0 fully saturated rings. The highest BCUT2D eigenvalue weighted by molar-refractivity contribution is 6.35. The summed E-state index contributed by atoms with van der Waals surface area (Å²) >= 11 is 6.02. The number of aromatic nitrogens is 1. The van der Waals surface area contributed by atoms with Crippen LogP contribution < -0.4 is 5.32 Å². The Morgan fingerprint density at radius 2 is 2.33 bits per heavy atom. The third-order valence-corrected chi connectivity index (χ3v) is 2.77. The maximum Gasteiger partial charge on any atom is 0.0934 e. The number of likely N-dealkylation sites (N-methyl/N-ethyl adjacent to an activating group) is 1. The average molecular weight is 225 g/mol. The molecule has 0 saturated carbocycles. The van der Waals surface area contributed by atoms with Crippen LogP contribution in [0.4, 0.5) is 0 Å². The van der Waals surface area contributed by atoms with Gasteiger partial charge in [0.2, 0.25) is 0 Å². The molecule has 1 unspecified atom stereocenters. The molecule has 0 aliphatic rings. The second kappa shape index (κ2) is 4.23. The van der Waals surface area contributed by atoms with Crippen LogP contribution in [0.15, 0.2) is 24.4 Å². The number of para-hydroxylation sites is 1. The minimum absolute atomic E-state index is 0.512. The molecule has 2 aromatic rings. The number of rotatable bonds is 3. The number of halogens is 1. The van der Waals surface area contributed by atoms with Gasteiger partial charge in [-0.3, -0.25) is 0 Å². The number of nitrogens with one attached hydrogen (secondary N) is 2. The van der Waals surface area contributed by atoms with Crippen molar-refractivity contribution in [1.82, 2.24) is 10.3 Å². The van der Waals surface area contributed by atoms with Crippen molar-refractivity contribution in [1.29, 1.82) is 0 Å². The lowest BCUT2D eigenvalue weighted by Crippen LogP contribution is -2.16. The van der Waals surface area contributed by atoms with Crippen molar-refractivity contribution < 1.29 is 5.11 Å². The number of hydrogen-bond donors (Lipinski definition) is 3. The van der Waals surface area contributed by atoms with Gasteiger partial charge < -0.3 is 15.4 Å². The summed E-state index contributed by atoms with van der Waals surface area (Å²) in [7, 11) is 1.81. The second-order valence-electron chi connectivity index (χ2n) is 3.48. The second-order valence-corrected chi connectivity index (χ2v) is 3.89. The summed E-state index contributed by atoms with van der Waals surface area (Å²) in [5.41, 5.74) is 1.76. The first-order valence-corrected chi connectivity index (χ1v) is 5.20. The van der Waals surface area contributed by atoms with Gasteiger partial charge in [0.25, 0.3) is 0 Å². The number of aromatic amines is 1.